The zero-order chi connectivity index (χ0) is 17.1. The SMILES string of the molecule is Cc1cc(NC(C)c2ncc(-c3ccccc3)o2)ncc1[N+](=O)[O-]. The molecule has 1 atom stereocenters. The standard InChI is InChI=1S/C17H16N4O3/c1-11-8-16(18-9-14(11)21(22)23)20-12(2)17-19-10-15(24-17)13-6-4-3-5-7-13/h3-10,12H,1-2H3,(H,18,20). The topological polar surface area (TPSA) is 94.1 Å². The highest BCUT2D eigenvalue weighted by Gasteiger charge is 2.16. The smallest absolute Gasteiger partial charge is 0.290 e. The Bertz CT molecular complexity index is 861. The van der Waals surface area contributed by atoms with Gasteiger partial charge in [0, 0.05) is 11.1 Å². The highest BCUT2D eigenvalue weighted by molar-refractivity contribution is 5.56. The van der Waals surface area contributed by atoms with E-state index in [4.69, 9.17) is 4.42 Å². The lowest BCUT2D eigenvalue weighted by atomic mass is 10.2. The van der Waals surface area contributed by atoms with Gasteiger partial charge in [0.1, 0.15) is 18.1 Å². The van der Waals surface area contributed by atoms with Gasteiger partial charge in [-0.25, -0.2) is 9.97 Å². The number of anilines is 1. The number of hydrogen-bond acceptors (Lipinski definition) is 6. The summed E-state index contributed by atoms with van der Waals surface area (Å²) in [5.41, 5.74) is 1.49. The molecule has 3 aromatic rings. The van der Waals surface area contributed by atoms with Gasteiger partial charge in [0.2, 0.25) is 5.89 Å². The maximum absolute atomic E-state index is 10.8. The molecule has 1 aromatic carbocycles. The second kappa shape index (κ2) is 6.49. The van der Waals surface area contributed by atoms with Gasteiger partial charge < -0.3 is 9.73 Å². The Kier molecular flexibility index (Phi) is 4.24. The number of aromatic nitrogens is 2. The van der Waals surface area contributed by atoms with Crippen molar-refractivity contribution in [2.24, 2.45) is 0 Å². The molecular weight excluding hydrogens is 308 g/mol. The summed E-state index contributed by atoms with van der Waals surface area (Å²) in [5, 5.41) is 14.0. The van der Waals surface area contributed by atoms with E-state index in [0.717, 1.165) is 5.56 Å². The first-order chi connectivity index (χ1) is 11.5. The van der Waals surface area contributed by atoms with Gasteiger partial charge in [0.05, 0.1) is 11.1 Å². The molecule has 0 aliphatic heterocycles. The van der Waals surface area contributed by atoms with E-state index in [0.29, 0.717) is 23.0 Å². The third-order valence-electron chi connectivity index (χ3n) is 3.60. The van der Waals surface area contributed by atoms with Gasteiger partial charge in [-0.05, 0) is 19.9 Å². The van der Waals surface area contributed by atoms with E-state index in [1.165, 1.54) is 6.20 Å². The Morgan fingerprint density at radius 3 is 2.62 bits per heavy atom. The lowest BCUT2D eigenvalue weighted by Gasteiger charge is -2.11. The van der Waals surface area contributed by atoms with Crippen LogP contribution in [0.4, 0.5) is 11.5 Å². The molecule has 122 valence electrons. The molecule has 0 bridgehead atoms. The molecule has 2 heterocycles. The fourth-order valence-corrected chi connectivity index (χ4v) is 2.33. The summed E-state index contributed by atoms with van der Waals surface area (Å²) in [5.74, 6) is 1.74. The molecule has 2 aromatic heterocycles. The molecular formula is C17H16N4O3. The van der Waals surface area contributed by atoms with Crippen molar-refractivity contribution < 1.29 is 9.34 Å². The number of oxazole rings is 1. The van der Waals surface area contributed by atoms with Gasteiger partial charge in [-0.1, -0.05) is 30.3 Å². The minimum absolute atomic E-state index is 0.00399. The van der Waals surface area contributed by atoms with Gasteiger partial charge >= 0.3 is 0 Å². The van der Waals surface area contributed by atoms with Crippen LogP contribution in [0.25, 0.3) is 11.3 Å². The van der Waals surface area contributed by atoms with Crippen LogP contribution >= 0.6 is 0 Å². The van der Waals surface area contributed by atoms with Crippen molar-refractivity contribution in [1.82, 2.24) is 9.97 Å². The largest absolute Gasteiger partial charge is 0.438 e. The van der Waals surface area contributed by atoms with Gasteiger partial charge in [-0.2, -0.15) is 0 Å². The molecule has 0 radical (unpaired) electrons. The molecule has 0 spiro atoms. The van der Waals surface area contributed by atoms with E-state index in [-0.39, 0.29) is 11.7 Å². The molecule has 0 fully saturated rings. The van der Waals surface area contributed by atoms with Crippen molar-refractivity contribution >= 4 is 11.5 Å². The van der Waals surface area contributed by atoms with Crippen LogP contribution in [-0.4, -0.2) is 14.9 Å². The number of rotatable bonds is 5. The number of nitrogens with zero attached hydrogens (tertiary/aromatic N) is 3. The maximum atomic E-state index is 10.8. The predicted octanol–water partition coefficient (Wildman–Crippen LogP) is 4.13. The van der Waals surface area contributed by atoms with Crippen LogP contribution in [0.2, 0.25) is 0 Å². The minimum atomic E-state index is -0.449. The first-order valence-corrected chi connectivity index (χ1v) is 7.43. The summed E-state index contributed by atoms with van der Waals surface area (Å²) in [6.07, 6.45) is 2.92. The second-order valence-electron chi connectivity index (χ2n) is 5.41. The summed E-state index contributed by atoms with van der Waals surface area (Å²) in [7, 11) is 0. The molecule has 0 saturated heterocycles. The summed E-state index contributed by atoms with van der Waals surface area (Å²) in [4.78, 5) is 18.7. The molecule has 3 rings (SSSR count). The highest BCUT2D eigenvalue weighted by Crippen LogP contribution is 2.25. The van der Waals surface area contributed by atoms with Crippen LogP contribution in [0.1, 0.15) is 24.4 Å². The van der Waals surface area contributed by atoms with Gasteiger partial charge in [-0.15, -0.1) is 0 Å². The monoisotopic (exact) mass is 324 g/mol. The first-order valence-electron chi connectivity index (χ1n) is 7.43. The molecule has 7 heteroatoms. The van der Waals surface area contributed by atoms with Crippen LogP contribution in [0, 0.1) is 17.0 Å². The minimum Gasteiger partial charge on any atom is -0.438 e. The Balaban J connectivity index is 1.76. The Morgan fingerprint density at radius 2 is 1.96 bits per heavy atom. The van der Waals surface area contributed by atoms with Crippen LogP contribution in [0.5, 0.6) is 0 Å². The molecule has 1 unspecified atom stereocenters. The average Bonchev–Trinajstić information content (AvgIpc) is 3.05. The Hall–Kier alpha value is -3.22. The third kappa shape index (κ3) is 3.24. The number of nitro groups is 1. The van der Waals surface area contributed by atoms with Gasteiger partial charge in [-0.3, -0.25) is 10.1 Å². The van der Waals surface area contributed by atoms with Crippen LogP contribution in [0.15, 0.2) is 53.2 Å². The van der Waals surface area contributed by atoms with Crippen molar-refractivity contribution in [3.8, 4) is 11.3 Å². The molecule has 7 nitrogen and oxygen atoms in total. The summed E-state index contributed by atoms with van der Waals surface area (Å²) in [6, 6.07) is 11.1. The Labute approximate surface area is 138 Å². The third-order valence-corrected chi connectivity index (χ3v) is 3.60. The van der Waals surface area contributed by atoms with Crippen molar-refractivity contribution in [2.45, 2.75) is 19.9 Å². The van der Waals surface area contributed by atoms with Crippen LogP contribution in [-0.2, 0) is 0 Å². The second-order valence-corrected chi connectivity index (χ2v) is 5.41. The summed E-state index contributed by atoms with van der Waals surface area (Å²) < 4.78 is 5.79. The van der Waals surface area contributed by atoms with Crippen LogP contribution < -0.4 is 5.32 Å². The van der Waals surface area contributed by atoms with Crippen molar-refractivity contribution in [3.05, 3.63) is 70.4 Å². The highest BCUT2D eigenvalue weighted by atomic mass is 16.6. The van der Waals surface area contributed by atoms with Gasteiger partial charge in [0.15, 0.2) is 5.76 Å². The predicted molar refractivity (Wildman–Crippen MR) is 89.6 cm³/mol. The molecule has 0 amide bonds. The zero-order valence-electron chi connectivity index (χ0n) is 13.3. The van der Waals surface area contributed by atoms with E-state index in [1.807, 2.05) is 37.3 Å². The molecule has 24 heavy (non-hydrogen) atoms. The van der Waals surface area contributed by atoms with E-state index in [1.54, 1.807) is 19.2 Å². The summed E-state index contributed by atoms with van der Waals surface area (Å²) in [6.45, 7) is 3.56. The summed E-state index contributed by atoms with van der Waals surface area (Å²) >= 11 is 0. The van der Waals surface area contributed by atoms with Crippen molar-refractivity contribution in [3.63, 3.8) is 0 Å². The zero-order valence-corrected chi connectivity index (χ0v) is 13.3. The van der Waals surface area contributed by atoms with E-state index >= 15 is 0 Å². The molecule has 0 aliphatic carbocycles. The maximum Gasteiger partial charge on any atom is 0.290 e. The molecule has 1 N–H and O–H groups in total. The van der Waals surface area contributed by atoms with E-state index in [2.05, 4.69) is 15.3 Å². The number of hydrogen-bond donors (Lipinski definition) is 1. The van der Waals surface area contributed by atoms with E-state index in [9.17, 15) is 10.1 Å². The van der Waals surface area contributed by atoms with Crippen molar-refractivity contribution in [1.29, 1.82) is 0 Å². The quantitative estimate of drug-likeness (QED) is 0.560. The van der Waals surface area contributed by atoms with E-state index < -0.39 is 4.92 Å². The molecule has 0 aliphatic rings. The molecule has 0 saturated carbocycles. The first kappa shape index (κ1) is 15.7. The Morgan fingerprint density at radius 1 is 1.21 bits per heavy atom. The normalized spacial score (nSPS) is 11.9. The lowest BCUT2D eigenvalue weighted by molar-refractivity contribution is -0.385. The van der Waals surface area contributed by atoms with Crippen LogP contribution in [0.3, 0.4) is 0 Å². The van der Waals surface area contributed by atoms with Gasteiger partial charge in [0.25, 0.3) is 5.69 Å². The number of benzene rings is 1. The van der Waals surface area contributed by atoms with Crippen molar-refractivity contribution in [2.75, 3.05) is 5.32 Å². The lowest BCUT2D eigenvalue weighted by Crippen LogP contribution is -2.08. The fourth-order valence-electron chi connectivity index (χ4n) is 2.33. The fraction of sp³-hybridized carbons (Fsp3) is 0.176. The number of pyridine rings is 1. The number of nitrogens with one attached hydrogen (secondary N) is 1. The number of aryl methyl sites for hydroxylation is 1. The average molecular weight is 324 g/mol.